The van der Waals surface area contributed by atoms with Crippen LogP contribution in [0.5, 0.6) is 11.5 Å². The molecule has 2 N–H and O–H groups in total. The van der Waals surface area contributed by atoms with Gasteiger partial charge in [-0.3, -0.25) is 38.6 Å². The second-order valence-corrected chi connectivity index (χ2v) is 13.8. The van der Waals surface area contributed by atoms with Crippen molar-refractivity contribution < 1.29 is 33.4 Å². The lowest BCUT2D eigenvalue weighted by atomic mass is 9.88. The first kappa shape index (κ1) is 35.3. The Labute approximate surface area is 307 Å². The number of ether oxygens (including phenoxy) is 3. The van der Waals surface area contributed by atoms with Crippen molar-refractivity contribution in [3.05, 3.63) is 98.4 Å². The third kappa shape index (κ3) is 7.29. The molecule has 2 saturated heterocycles. The summed E-state index contributed by atoms with van der Waals surface area (Å²) in [6, 6.07) is 17.3. The lowest BCUT2D eigenvalue weighted by Crippen LogP contribution is -2.54. The minimum atomic E-state index is -1.04. The highest BCUT2D eigenvalue weighted by atomic mass is 79.9. The number of rotatable bonds is 12. The lowest BCUT2D eigenvalue weighted by Gasteiger charge is -2.36. The summed E-state index contributed by atoms with van der Waals surface area (Å²) >= 11 is 3.45. The first-order chi connectivity index (χ1) is 25.2. The van der Waals surface area contributed by atoms with Gasteiger partial charge in [-0.2, -0.15) is 0 Å². The van der Waals surface area contributed by atoms with Crippen LogP contribution in [0.1, 0.15) is 51.5 Å². The predicted molar refractivity (Wildman–Crippen MR) is 193 cm³/mol. The number of fused-ring (bicyclic) bond motifs is 2. The van der Waals surface area contributed by atoms with Gasteiger partial charge in [-0.05, 0) is 83.7 Å². The molecule has 270 valence electrons. The Bertz CT molecular complexity index is 2090. The van der Waals surface area contributed by atoms with Crippen LogP contribution in [-0.4, -0.2) is 101 Å². The maximum absolute atomic E-state index is 13.2. The third-order valence-corrected chi connectivity index (χ3v) is 10.1. The highest BCUT2D eigenvalue weighted by molar-refractivity contribution is 9.10. The zero-order valence-corrected chi connectivity index (χ0v) is 30.0. The van der Waals surface area contributed by atoms with Crippen LogP contribution in [0.2, 0.25) is 0 Å². The predicted octanol–water partition coefficient (Wildman–Crippen LogP) is 3.23. The smallest absolute Gasteiger partial charge is 0.274 e. The average molecular weight is 774 g/mol. The van der Waals surface area contributed by atoms with Gasteiger partial charge in [-0.1, -0.05) is 24.3 Å². The Morgan fingerprint density at radius 1 is 0.904 bits per heavy atom. The van der Waals surface area contributed by atoms with Crippen LogP contribution in [0.4, 0.5) is 5.82 Å². The van der Waals surface area contributed by atoms with Crippen LogP contribution in [0, 0.1) is 0 Å². The van der Waals surface area contributed by atoms with E-state index in [4.69, 9.17) is 14.2 Å². The fourth-order valence-corrected chi connectivity index (χ4v) is 7.39. The van der Waals surface area contributed by atoms with Crippen LogP contribution in [0.15, 0.2) is 76.1 Å². The number of hydrogen-bond acceptors (Lipinski definition) is 11. The van der Waals surface area contributed by atoms with Crippen molar-refractivity contribution in [3.8, 4) is 11.5 Å². The molecule has 2 aromatic heterocycles. The molecule has 4 amide bonds. The molecular weight excluding hydrogens is 736 g/mol. The molecule has 0 bridgehead atoms. The Morgan fingerprint density at radius 3 is 2.48 bits per heavy atom. The number of carbonyl (C=O) groups is 4. The molecule has 0 aliphatic carbocycles. The van der Waals surface area contributed by atoms with Crippen LogP contribution < -0.4 is 25.7 Å². The van der Waals surface area contributed by atoms with E-state index in [9.17, 15) is 24.0 Å². The number of pyridine rings is 1. The molecule has 0 radical (unpaired) electrons. The van der Waals surface area contributed by atoms with Gasteiger partial charge < -0.3 is 24.4 Å². The molecule has 2 fully saturated rings. The molecule has 15 heteroatoms. The molecule has 3 unspecified atom stereocenters. The summed E-state index contributed by atoms with van der Waals surface area (Å²) in [5.41, 5.74) is 1.88. The minimum Gasteiger partial charge on any atom is -0.491 e. The standard InChI is InChI=1S/C37H37BrN6O8/c1-42-20-23(19-24(21-42)39-33-32(38)37(49)43-14-3-2-7-29(43)40-33)22-8-10-25(11-9-22)51-17-15-50-16-18-52-28-6-4-5-26-31(28)36(48)44(35(26)47)27-12-13-30(45)41-34(27)46/h2-11,14,23-24,27,39H,12-13,15-21H2,1H3,(H,41,45,46). The normalized spacial score (nSPS) is 20.6. The number of carbonyl (C=O) groups excluding carboxylic acids is 4. The van der Waals surface area contributed by atoms with E-state index in [1.807, 2.05) is 24.3 Å². The molecule has 52 heavy (non-hydrogen) atoms. The maximum Gasteiger partial charge on any atom is 0.274 e. The van der Waals surface area contributed by atoms with Crippen LogP contribution in [0.25, 0.3) is 5.65 Å². The van der Waals surface area contributed by atoms with Gasteiger partial charge in [-0.15, -0.1) is 0 Å². The molecule has 0 spiro atoms. The molecule has 3 aliphatic rings. The highest BCUT2D eigenvalue weighted by Gasteiger charge is 2.46. The molecule has 7 rings (SSSR count). The second kappa shape index (κ2) is 15.2. The van der Waals surface area contributed by atoms with Gasteiger partial charge in [0.25, 0.3) is 17.4 Å². The molecule has 14 nitrogen and oxygen atoms in total. The van der Waals surface area contributed by atoms with Crippen LogP contribution in [0.3, 0.4) is 0 Å². The van der Waals surface area contributed by atoms with Crippen molar-refractivity contribution in [3.63, 3.8) is 0 Å². The number of benzene rings is 2. The van der Waals surface area contributed by atoms with E-state index in [-0.39, 0.29) is 60.5 Å². The Hall–Kier alpha value is -5.12. The quantitative estimate of drug-likeness (QED) is 0.161. The lowest BCUT2D eigenvalue weighted by molar-refractivity contribution is -0.136. The van der Waals surface area contributed by atoms with E-state index < -0.39 is 29.7 Å². The van der Waals surface area contributed by atoms with E-state index in [0.717, 1.165) is 30.2 Å². The van der Waals surface area contributed by atoms with Gasteiger partial charge in [0.05, 0.1) is 24.3 Å². The monoisotopic (exact) mass is 772 g/mol. The Morgan fingerprint density at radius 2 is 1.69 bits per heavy atom. The minimum absolute atomic E-state index is 0.0482. The van der Waals surface area contributed by atoms with E-state index in [2.05, 4.69) is 55.6 Å². The molecule has 3 atom stereocenters. The topological polar surface area (TPSA) is 161 Å². The van der Waals surface area contributed by atoms with Crippen molar-refractivity contribution in [2.45, 2.75) is 37.3 Å². The number of likely N-dealkylation sites (N-methyl/N-ethyl adjacent to an activating group) is 1. The average Bonchev–Trinajstić information content (AvgIpc) is 3.39. The molecule has 2 aromatic carbocycles. The third-order valence-electron chi connectivity index (χ3n) is 9.42. The van der Waals surface area contributed by atoms with Crippen molar-refractivity contribution in [1.82, 2.24) is 24.5 Å². The fourth-order valence-electron chi connectivity index (χ4n) is 6.99. The number of amides is 4. The van der Waals surface area contributed by atoms with E-state index in [1.165, 1.54) is 16.0 Å². The Balaban J connectivity index is 0.861. The van der Waals surface area contributed by atoms with Gasteiger partial charge in [0.15, 0.2) is 0 Å². The van der Waals surface area contributed by atoms with Gasteiger partial charge in [0.1, 0.15) is 46.7 Å². The van der Waals surface area contributed by atoms with E-state index in [1.54, 1.807) is 24.4 Å². The van der Waals surface area contributed by atoms with Gasteiger partial charge in [0.2, 0.25) is 11.8 Å². The SMILES string of the molecule is CN1CC(Nc2nc3ccccn3c(=O)c2Br)CC(c2ccc(OCCOCCOc3cccc4c3C(=O)N(C3CCC(=O)NC3=O)C4=O)cc2)C1. The first-order valence-electron chi connectivity index (χ1n) is 17.1. The summed E-state index contributed by atoms with van der Waals surface area (Å²) < 4.78 is 19.3. The summed E-state index contributed by atoms with van der Waals surface area (Å²) in [4.78, 5) is 70.9. The summed E-state index contributed by atoms with van der Waals surface area (Å²) in [6.45, 7) is 2.69. The van der Waals surface area contributed by atoms with Crippen molar-refractivity contribution in [1.29, 1.82) is 0 Å². The number of nitrogens with one attached hydrogen (secondary N) is 2. The molecule has 4 aromatic rings. The van der Waals surface area contributed by atoms with Crippen LogP contribution in [-0.2, 0) is 14.3 Å². The number of piperidine rings is 2. The second-order valence-electron chi connectivity index (χ2n) is 13.0. The zero-order chi connectivity index (χ0) is 36.4. The van der Waals surface area contributed by atoms with Crippen LogP contribution >= 0.6 is 15.9 Å². The number of aromatic nitrogens is 2. The molecular formula is C37H37BrN6O8. The number of halogens is 1. The summed E-state index contributed by atoms with van der Waals surface area (Å²) in [6.07, 6.45) is 2.71. The maximum atomic E-state index is 13.2. The summed E-state index contributed by atoms with van der Waals surface area (Å²) in [7, 11) is 2.09. The van der Waals surface area contributed by atoms with Gasteiger partial charge in [0, 0.05) is 31.7 Å². The number of anilines is 1. The molecule has 0 saturated carbocycles. The van der Waals surface area contributed by atoms with Crippen molar-refractivity contribution in [2.24, 2.45) is 0 Å². The summed E-state index contributed by atoms with van der Waals surface area (Å²) in [5, 5.41) is 5.69. The number of hydrogen-bond donors (Lipinski definition) is 2. The van der Waals surface area contributed by atoms with E-state index >= 15 is 0 Å². The zero-order valence-electron chi connectivity index (χ0n) is 28.4. The van der Waals surface area contributed by atoms with Crippen molar-refractivity contribution in [2.75, 3.05) is 51.9 Å². The number of nitrogens with zero attached hydrogens (tertiary/aromatic N) is 4. The fraction of sp³-hybridized carbons (Fsp3) is 0.351. The first-order valence-corrected chi connectivity index (χ1v) is 17.9. The summed E-state index contributed by atoms with van der Waals surface area (Å²) in [5.74, 6) is -0.541. The number of likely N-dealkylation sites (tertiary alicyclic amines) is 1. The number of imide groups is 2. The van der Waals surface area contributed by atoms with Gasteiger partial charge >= 0.3 is 0 Å². The molecule has 5 heterocycles. The molecule has 3 aliphatic heterocycles. The van der Waals surface area contributed by atoms with E-state index in [0.29, 0.717) is 29.2 Å². The largest absolute Gasteiger partial charge is 0.491 e. The Kier molecular flexibility index (Phi) is 10.3. The van der Waals surface area contributed by atoms with Crippen molar-refractivity contribution >= 4 is 51.0 Å². The highest BCUT2D eigenvalue weighted by Crippen LogP contribution is 2.34. The van der Waals surface area contributed by atoms with Gasteiger partial charge in [-0.25, -0.2) is 4.98 Å².